The van der Waals surface area contributed by atoms with Crippen molar-refractivity contribution in [1.82, 2.24) is 0 Å². The Kier molecular flexibility index (Phi) is 3.87. The zero-order chi connectivity index (χ0) is 13.1. The SMILES string of the molecule is Cc1occc1Sc1cc(N)cc(OC(C)C)c1. The average molecular weight is 263 g/mol. The largest absolute Gasteiger partial charge is 0.491 e. The predicted octanol–water partition coefficient (Wildman–Crippen LogP) is 4.11. The van der Waals surface area contributed by atoms with E-state index in [1.807, 2.05) is 45.0 Å². The van der Waals surface area contributed by atoms with Crippen molar-refractivity contribution in [2.24, 2.45) is 0 Å². The molecule has 2 aromatic rings. The zero-order valence-electron chi connectivity index (χ0n) is 10.8. The number of nitrogen functional groups attached to an aromatic ring is 1. The van der Waals surface area contributed by atoms with Gasteiger partial charge in [0.1, 0.15) is 11.5 Å². The number of benzene rings is 1. The van der Waals surface area contributed by atoms with Gasteiger partial charge in [0.2, 0.25) is 0 Å². The Morgan fingerprint density at radius 1 is 1.28 bits per heavy atom. The van der Waals surface area contributed by atoms with Crippen LogP contribution in [-0.4, -0.2) is 6.10 Å². The minimum atomic E-state index is 0.139. The van der Waals surface area contributed by atoms with Crippen LogP contribution in [0.25, 0.3) is 0 Å². The van der Waals surface area contributed by atoms with Gasteiger partial charge >= 0.3 is 0 Å². The highest BCUT2D eigenvalue weighted by molar-refractivity contribution is 7.99. The van der Waals surface area contributed by atoms with Crippen LogP contribution in [0, 0.1) is 6.92 Å². The van der Waals surface area contributed by atoms with E-state index in [0.717, 1.165) is 21.3 Å². The van der Waals surface area contributed by atoms with Crippen LogP contribution in [0.1, 0.15) is 19.6 Å². The Morgan fingerprint density at radius 2 is 2.06 bits per heavy atom. The van der Waals surface area contributed by atoms with Crippen LogP contribution in [0.5, 0.6) is 5.75 Å². The van der Waals surface area contributed by atoms with Gasteiger partial charge in [0.15, 0.2) is 0 Å². The summed E-state index contributed by atoms with van der Waals surface area (Å²) in [5.74, 6) is 1.71. The molecule has 0 aliphatic heterocycles. The molecule has 0 saturated heterocycles. The number of hydrogen-bond donors (Lipinski definition) is 1. The molecule has 18 heavy (non-hydrogen) atoms. The number of nitrogens with two attached hydrogens (primary N) is 1. The van der Waals surface area contributed by atoms with E-state index in [0.29, 0.717) is 5.69 Å². The number of hydrogen-bond acceptors (Lipinski definition) is 4. The number of aryl methyl sites for hydroxylation is 1. The third-order valence-corrected chi connectivity index (χ3v) is 3.43. The molecule has 0 saturated carbocycles. The summed E-state index contributed by atoms with van der Waals surface area (Å²) in [4.78, 5) is 2.14. The lowest BCUT2D eigenvalue weighted by atomic mass is 10.3. The van der Waals surface area contributed by atoms with Crippen LogP contribution in [0.2, 0.25) is 0 Å². The highest BCUT2D eigenvalue weighted by atomic mass is 32.2. The van der Waals surface area contributed by atoms with E-state index in [-0.39, 0.29) is 6.10 Å². The first-order valence-corrected chi connectivity index (χ1v) is 6.65. The monoisotopic (exact) mass is 263 g/mol. The van der Waals surface area contributed by atoms with Crippen LogP contribution in [0.3, 0.4) is 0 Å². The van der Waals surface area contributed by atoms with Gasteiger partial charge in [-0.2, -0.15) is 0 Å². The summed E-state index contributed by atoms with van der Waals surface area (Å²) in [6.45, 7) is 5.94. The quantitative estimate of drug-likeness (QED) is 0.843. The van der Waals surface area contributed by atoms with Crippen molar-refractivity contribution in [2.45, 2.75) is 36.7 Å². The molecule has 2 N–H and O–H groups in total. The molecule has 1 aromatic heterocycles. The summed E-state index contributed by atoms with van der Waals surface area (Å²) in [5, 5.41) is 0. The topological polar surface area (TPSA) is 48.4 Å². The van der Waals surface area contributed by atoms with E-state index in [1.165, 1.54) is 0 Å². The van der Waals surface area contributed by atoms with Crippen molar-refractivity contribution in [3.8, 4) is 5.75 Å². The number of anilines is 1. The van der Waals surface area contributed by atoms with E-state index in [2.05, 4.69) is 0 Å². The zero-order valence-corrected chi connectivity index (χ0v) is 11.6. The Hall–Kier alpha value is -1.55. The molecule has 0 aliphatic carbocycles. The molecule has 0 atom stereocenters. The molecule has 0 bridgehead atoms. The van der Waals surface area contributed by atoms with Gasteiger partial charge in [-0.25, -0.2) is 0 Å². The second-order valence-electron chi connectivity index (χ2n) is 4.35. The van der Waals surface area contributed by atoms with Crippen molar-refractivity contribution >= 4 is 17.4 Å². The molecule has 0 radical (unpaired) electrons. The second-order valence-corrected chi connectivity index (χ2v) is 5.46. The maximum Gasteiger partial charge on any atom is 0.122 e. The molecular weight excluding hydrogens is 246 g/mol. The minimum absolute atomic E-state index is 0.139. The van der Waals surface area contributed by atoms with Crippen LogP contribution >= 0.6 is 11.8 Å². The first-order chi connectivity index (χ1) is 8.54. The third-order valence-electron chi connectivity index (χ3n) is 2.31. The van der Waals surface area contributed by atoms with Gasteiger partial charge in [-0.15, -0.1) is 0 Å². The molecule has 2 rings (SSSR count). The lowest BCUT2D eigenvalue weighted by Crippen LogP contribution is -2.05. The van der Waals surface area contributed by atoms with Crippen LogP contribution in [0.4, 0.5) is 5.69 Å². The Labute approximate surface area is 111 Å². The second kappa shape index (κ2) is 5.40. The summed E-state index contributed by atoms with van der Waals surface area (Å²) in [5.41, 5.74) is 6.59. The van der Waals surface area contributed by atoms with Crippen molar-refractivity contribution in [3.63, 3.8) is 0 Å². The highest BCUT2D eigenvalue weighted by Gasteiger charge is 2.07. The van der Waals surface area contributed by atoms with Crippen molar-refractivity contribution in [1.29, 1.82) is 0 Å². The summed E-state index contributed by atoms with van der Waals surface area (Å²) in [6, 6.07) is 7.72. The Balaban J connectivity index is 2.23. The fraction of sp³-hybridized carbons (Fsp3) is 0.286. The summed E-state index contributed by atoms with van der Waals surface area (Å²) in [6.07, 6.45) is 1.83. The van der Waals surface area contributed by atoms with Crippen molar-refractivity contribution in [2.75, 3.05) is 5.73 Å². The lowest BCUT2D eigenvalue weighted by Gasteiger charge is -2.11. The van der Waals surface area contributed by atoms with Crippen LogP contribution in [-0.2, 0) is 0 Å². The molecule has 1 heterocycles. The molecule has 3 nitrogen and oxygen atoms in total. The highest BCUT2D eigenvalue weighted by Crippen LogP contribution is 2.34. The lowest BCUT2D eigenvalue weighted by molar-refractivity contribution is 0.242. The van der Waals surface area contributed by atoms with Crippen molar-refractivity contribution in [3.05, 3.63) is 36.3 Å². The summed E-state index contributed by atoms with van der Waals surface area (Å²) in [7, 11) is 0. The normalized spacial score (nSPS) is 10.9. The molecular formula is C14H17NO2S. The number of rotatable bonds is 4. The van der Waals surface area contributed by atoms with Gasteiger partial charge in [-0.1, -0.05) is 11.8 Å². The minimum Gasteiger partial charge on any atom is -0.491 e. The third kappa shape index (κ3) is 3.23. The van der Waals surface area contributed by atoms with Crippen LogP contribution in [0.15, 0.2) is 44.7 Å². The Morgan fingerprint density at radius 3 is 2.67 bits per heavy atom. The maximum absolute atomic E-state index is 5.89. The van der Waals surface area contributed by atoms with E-state index >= 15 is 0 Å². The molecule has 0 amide bonds. The average Bonchev–Trinajstić information content (AvgIpc) is 2.62. The molecule has 0 unspecified atom stereocenters. The van der Waals surface area contributed by atoms with Gasteiger partial charge in [0.05, 0.1) is 17.3 Å². The molecule has 1 aromatic carbocycles. The number of furan rings is 1. The van der Waals surface area contributed by atoms with E-state index in [4.69, 9.17) is 14.9 Å². The van der Waals surface area contributed by atoms with Crippen LogP contribution < -0.4 is 10.5 Å². The van der Waals surface area contributed by atoms with E-state index in [9.17, 15) is 0 Å². The first-order valence-electron chi connectivity index (χ1n) is 5.84. The predicted molar refractivity (Wildman–Crippen MR) is 74.2 cm³/mol. The molecule has 4 heteroatoms. The fourth-order valence-electron chi connectivity index (χ4n) is 1.60. The maximum atomic E-state index is 5.89. The molecule has 0 spiro atoms. The molecule has 0 aliphatic rings. The molecule has 96 valence electrons. The van der Waals surface area contributed by atoms with Gasteiger partial charge < -0.3 is 14.9 Å². The fourth-order valence-corrected chi connectivity index (χ4v) is 2.54. The Bertz CT molecular complexity index is 534. The van der Waals surface area contributed by atoms with Gasteiger partial charge in [0.25, 0.3) is 0 Å². The number of ether oxygens (including phenoxy) is 1. The standard InChI is InChI=1S/C14H17NO2S/c1-9(2)17-12-6-11(15)7-13(8-12)18-14-4-5-16-10(14)3/h4-9H,15H2,1-3H3. The van der Waals surface area contributed by atoms with Gasteiger partial charge in [-0.3, -0.25) is 0 Å². The van der Waals surface area contributed by atoms with Gasteiger partial charge in [0, 0.05) is 16.6 Å². The first kappa shape index (κ1) is 12.9. The summed E-state index contributed by atoms with van der Waals surface area (Å²) >= 11 is 1.62. The summed E-state index contributed by atoms with van der Waals surface area (Å²) < 4.78 is 10.9. The van der Waals surface area contributed by atoms with Crippen molar-refractivity contribution < 1.29 is 9.15 Å². The van der Waals surface area contributed by atoms with E-state index in [1.54, 1.807) is 18.0 Å². The molecule has 0 fully saturated rings. The van der Waals surface area contributed by atoms with Gasteiger partial charge in [-0.05, 0) is 39.0 Å². The smallest absolute Gasteiger partial charge is 0.122 e. The van der Waals surface area contributed by atoms with E-state index < -0.39 is 0 Å².